The quantitative estimate of drug-likeness (QED) is 0.682. The number of sulfonamides is 1. The Kier molecular flexibility index (Phi) is 2.03. The van der Waals surface area contributed by atoms with E-state index in [0.717, 1.165) is 11.1 Å². The lowest BCUT2D eigenvalue weighted by Crippen LogP contribution is -2.44. The van der Waals surface area contributed by atoms with Crippen LogP contribution < -0.4 is 0 Å². The molecule has 1 aromatic heterocycles. The van der Waals surface area contributed by atoms with Crippen molar-refractivity contribution < 1.29 is 8.42 Å². The third kappa shape index (κ3) is 1.09. The van der Waals surface area contributed by atoms with Crippen LogP contribution in [0.15, 0.2) is 10.8 Å². The van der Waals surface area contributed by atoms with Crippen molar-refractivity contribution in [2.24, 2.45) is 0 Å². The van der Waals surface area contributed by atoms with Crippen LogP contribution in [-0.2, 0) is 21.3 Å². The summed E-state index contributed by atoms with van der Waals surface area (Å²) in [4.78, 5) is 0. The Morgan fingerprint density at radius 3 is 2.71 bits per heavy atom. The molecule has 0 aliphatic carbocycles. The second-order valence-corrected chi connectivity index (χ2v) is 7.42. The molecule has 3 nitrogen and oxygen atoms in total. The van der Waals surface area contributed by atoms with Crippen LogP contribution in [0.1, 0.15) is 25.0 Å². The molecule has 1 aromatic rings. The first kappa shape index (κ1) is 10.1. The lowest BCUT2D eigenvalue weighted by molar-refractivity contribution is 0.419. The van der Waals surface area contributed by atoms with E-state index in [1.165, 1.54) is 4.31 Å². The zero-order valence-electron chi connectivity index (χ0n) is 8.44. The van der Waals surface area contributed by atoms with Gasteiger partial charge in [0.2, 0.25) is 10.0 Å². The molecule has 0 bridgehead atoms. The second kappa shape index (κ2) is 2.81. The molecule has 0 radical (unpaired) electrons. The van der Waals surface area contributed by atoms with Crippen molar-refractivity contribution in [3.8, 4) is 0 Å². The van der Waals surface area contributed by atoms with E-state index in [9.17, 15) is 8.42 Å². The standard InChI is InChI=1S/C9H13NO2S2/c1-9(2)8-6-13-5-7(8)4-10(3)14(9,11)12/h5-6H,4H2,1-3H3. The van der Waals surface area contributed by atoms with Crippen LogP contribution in [0.3, 0.4) is 0 Å². The van der Waals surface area contributed by atoms with Gasteiger partial charge < -0.3 is 0 Å². The summed E-state index contributed by atoms with van der Waals surface area (Å²) in [6.45, 7) is 4.04. The highest BCUT2D eigenvalue weighted by Gasteiger charge is 2.44. The topological polar surface area (TPSA) is 37.4 Å². The number of nitrogens with zero attached hydrogens (tertiary/aromatic N) is 1. The summed E-state index contributed by atoms with van der Waals surface area (Å²) >= 11 is 1.57. The predicted molar refractivity (Wildman–Crippen MR) is 57.7 cm³/mol. The van der Waals surface area contributed by atoms with Crippen molar-refractivity contribution in [3.63, 3.8) is 0 Å². The molecular formula is C9H13NO2S2. The summed E-state index contributed by atoms with van der Waals surface area (Å²) in [5.74, 6) is 0. The van der Waals surface area contributed by atoms with Gasteiger partial charge in [-0.05, 0) is 35.7 Å². The summed E-state index contributed by atoms with van der Waals surface area (Å²) in [6.07, 6.45) is 0. The highest BCUT2D eigenvalue weighted by molar-refractivity contribution is 7.90. The number of hydrogen-bond acceptors (Lipinski definition) is 3. The van der Waals surface area contributed by atoms with E-state index in [1.54, 1.807) is 32.2 Å². The van der Waals surface area contributed by atoms with E-state index in [4.69, 9.17) is 0 Å². The molecule has 0 spiro atoms. The molecule has 0 saturated heterocycles. The van der Waals surface area contributed by atoms with Gasteiger partial charge in [0.25, 0.3) is 0 Å². The van der Waals surface area contributed by atoms with Gasteiger partial charge in [-0.3, -0.25) is 0 Å². The fourth-order valence-electron chi connectivity index (χ4n) is 1.83. The lowest BCUT2D eigenvalue weighted by Gasteiger charge is -2.35. The average Bonchev–Trinajstić information content (AvgIpc) is 2.50. The van der Waals surface area contributed by atoms with E-state index >= 15 is 0 Å². The van der Waals surface area contributed by atoms with Crippen molar-refractivity contribution in [2.45, 2.75) is 25.1 Å². The van der Waals surface area contributed by atoms with Crippen LogP contribution >= 0.6 is 11.3 Å². The summed E-state index contributed by atoms with van der Waals surface area (Å²) in [5, 5.41) is 3.97. The number of rotatable bonds is 0. The molecule has 0 aromatic carbocycles. The molecule has 2 heterocycles. The zero-order chi connectivity index (χ0) is 10.6. The van der Waals surface area contributed by atoms with E-state index in [1.807, 2.05) is 10.8 Å². The lowest BCUT2D eigenvalue weighted by atomic mass is 10.0. The van der Waals surface area contributed by atoms with Crippen LogP contribution in [0.5, 0.6) is 0 Å². The van der Waals surface area contributed by atoms with Gasteiger partial charge in [-0.1, -0.05) is 0 Å². The predicted octanol–water partition coefficient (Wildman–Crippen LogP) is 1.76. The molecule has 0 fully saturated rings. The first-order chi connectivity index (χ1) is 6.37. The zero-order valence-corrected chi connectivity index (χ0v) is 10.1. The summed E-state index contributed by atoms with van der Waals surface area (Å²) in [6, 6.07) is 0. The third-order valence-corrected chi connectivity index (χ3v) is 6.09. The summed E-state index contributed by atoms with van der Waals surface area (Å²) in [5.41, 5.74) is 2.10. The highest BCUT2D eigenvalue weighted by Crippen LogP contribution is 2.40. The van der Waals surface area contributed by atoms with Gasteiger partial charge in [0.05, 0.1) is 0 Å². The van der Waals surface area contributed by atoms with Crippen molar-refractivity contribution in [3.05, 3.63) is 21.9 Å². The maximum Gasteiger partial charge on any atom is 0.223 e. The van der Waals surface area contributed by atoms with E-state index in [-0.39, 0.29) is 0 Å². The minimum absolute atomic E-state index is 0.505. The average molecular weight is 231 g/mol. The molecule has 1 aliphatic rings. The van der Waals surface area contributed by atoms with Crippen LogP contribution in [0.25, 0.3) is 0 Å². The Morgan fingerprint density at radius 2 is 2.07 bits per heavy atom. The van der Waals surface area contributed by atoms with Crippen LogP contribution in [0.2, 0.25) is 0 Å². The van der Waals surface area contributed by atoms with E-state index in [2.05, 4.69) is 0 Å². The molecule has 1 aliphatic heterocycles. The SMILES string of the molecule is CN1Cc2cscc2C(C)(C)S1(=O)=O. The molecule has 0 atom stereocenters. The first-order valence-electron chi connectivity index (χ1n) is 4.39. The Bertz CT molecular complexity index is 459. The molecule has 0 amide bonds. The fourth-order valence-corrected chi connectivity index (χ4v) is 4.47. The number of fused-ring (bicyclic) bond motifs is 1. The summed E-state index contributed by atoms with van der Waals surface area (Å²) in [7, 11) is -1.55. The monoisotopic (exact) mass is 231 g/mol. The van der Waals surface area contributed by atoms with Gasteiger partial charge in [0.1, 0.15) is 4.75 Å². The minimum Gasteiger partial charge on any atom is -0.211 e. The first-order valence-corrected chi connectivity index (χ1v) is 6.77. The van der Waals surface area contributed by atoms with Crippen LogP contribution in [0.4, 0.5) is 0 Å². The van der Waals surface area contributed by atoms with E-state index in [0.29, 0.717) is 6.54 Å². The van der Waals surface area contributed by atoms with Gasteiger partial charge in [-0.15, -0.1) is 0 Å². The molecule has 2 rings (SSSR count). The van der Waals surface area contributed by atoms with Crippen LogP contribution in [-0.4, -0.2) is 19.8 Å². The Hall–Kier alpha value is -0.390. The largest absolute Gasteiger partial charge is 0.223 e. The van der Waals surface area contributed by atoms with E-state index < -0.39 is 14.8 Å². The Balaban J connectivity index is 2.70. The molecular weight excluding hydrogens is 218 g/mol. The third-order valence-electron chi connectivity index (χ3n) is 2.84. The maximum absolute atomic E-state index is 12.0. The van der Waals surface area contributed by atoms with Gasteiger partial charge >= 0.3 is 0 Å². The molecule has 0 N–H and O–H groups in total. The molecule has 14 heavy (non-hydrogen) atoms. The smallest absolute Gasteiger partial charge is 0.211 e. The van der Waals surface area contributed by atoms with Crippen molar-refractivity contribution >= 4 is 21.4 Å². The molecule has 0 saturated carbocycles. The maximum atomic E-state index is 12.0. The van der Waals surface area contributed by atoms with Crippen LogP contribution in [0, 0.1) is 0 Å². The van der Waals surface area contributed by atoms with Gasteiger partial charge in [-0.25, -0.2) is 8.42 Å². The molecule has 78 valence electrons. The van der Waals surface area contributed by atoms with Crippen molar-refractivity contribution in [2.75, 3.05) is 7.05 Å². The van der Waals surface area contributed by atoms with Crippen molar-refractivity contribution in [1.29, 1.82) is 0 Å². The highest BCUT2D eigenvalue weighted by atomic mass is 32.2. The Labute approximate surface area is 88.4 Å². The van der Waals surface area contributed by atoms with Crippen molar-refractivity contribution in [1.82, 2.24) is 4.31 Å². The molecule has 0 unspecified atom stereocenters. The Morgan fingerprint density at radius 1 is 1.43 bits per heavy atom. The number of thiophene rings is 1. The summed E-state index contributed by atoms with van der Waals surface area (Å²) < 4.78 is 24.7. The second-order valence-electron chi connectivity index (χ2n) is 4.08. The molecule has 5 heteroatoms. The van der Waals surface area contributed by atoms with Gasteiger partial charge in [-0.2, -0.15) is 15.6 Å². The number of hydrogen-bond donors (Lipinski definition) is 0. The minimum atomic E-state index is -3.18. The van der Waals surface area contributed by atoms with Gasteiger partial charge in [0, 0.05) is 13.6 Å². The van der Waals surface area contributed by atoms with Gasteiger partial charge in [0.15, 0.2) is 0 Å². The fraction of sp³-hybridized carbons (Fsp3) is 0.556. The normalized spacial score (nSPS) is 24.5.